The average Bonchev–Trinajstić information content (AvgIpc) is 3.74. The first kappa shape index (κ1) is 54.1. The van der Waals surface area contributed by atoms with E-state index in [1.54, 1.807) is 0 Å². The number of aliphatic carboxylic acids is 2. The zero-order valence-corrected chi connectivity index (χ0v) is 38.9. The molecule has 8 saturated carbocycles. The monoisotopic (exact) mass is 887 g/mol. The van der Waals surface area contributed by atoms with Crippen molar-refractivity contribution in [2.75, 3.05) is 0 Å². The van der Waals surface area contributed by atoms with Gasteiger partial charge in [0.2, 0.25) is 0 Å². The number of aliphatic hydroxyl groups is 3. The Balaban J connectivity index is 0.000000264. The van der Waals surface area contributed by atoms with Crippen molar-refractivity contribution >= 4 is 17.7 Å². The van der Waals surface area contributed by atoms with Crippen LogP contribution >= 0.6 is 0 Å². The molecule has 0 amide bonds. The molecule has 8 aliphatic rings. The zero-order chi connectivity index (χ0) is 43.7. The molecular formula is C55H98O8. The summed E-state index contributed by atoms with van der Waals surface area (Å²) in [4.78, 5) is 36.1. The molecule has 21 atom stereocenters. The standard InChI is InChI=1S/C26H44O4.C26H42O4.3CH4/c2*1-5-17-21-14-16(27)10-12-26(21,4)20-11-13-25(3)18(15(2)6-9-22(28)29)7-8-19(25)23(20)24(17)30;;;/h15-21,23-24,27,30H,5-14H2,1-4H3,(H,28,29);15-21,23,27H,5-14H2,1-4H3,(H,28,29);3*1H4/t15-,16-,17-,18-,19?,20?,21+,23+,24-,25-,26-;15-,16-,17-,18-,19?,20?,21+,23+,25-,26-;;;/m11.../s1. The average molecular weight is 887 g/mol. The number of carboxylic acid groups (broad SMARTS) is 2. The van der Waals surface area contributed by atoms with E-state index in [9.17, 15) is 29.7 Å². The summed E-state index contributed by atoms with van der Waals surface area (Å²) < 4.78 is 0. The van der Waals surface area contributed by atoms with E-state index in [4.69, 9.17) is 10.2 Å². The van der Waals surface area contributed by atoms with Gasteiger partial charge in [0.1, 0.15) is 5.78 Å². The molecule has 8 nitrogen and oxygen atoms in total. The Morgan fingerprint density at radius 2 is 0.984 bits per heavy atom. The first-order chi connectivity index (χ1) is 28.3. The van der Waals surface area contributed by atoms with Crippen LogP contribution < -0.4 is 0 Å². The van der Waals surface area contributed by atoms with Gasteiger partial charge in [-0.1, -0.05) is 84.1 Å². The highest BCUT2D eigenvalue weighted by Gasteiger charge is 2.67. The normalized spacial score (nSPS) is 47.9. The topological polar surface area (TPSA) is 152 Å². The minimum absolute atomic E-state index is 0. The number of aliphatic hydroxyl groups excluding tert-OH is 3. The Bertz CT molecular complexity index is 1560. The predicted octanol–water partition coefficient (Wildman–Crippen LogP) is 12.3. The van der Waals surface area contributed by atoms with Gasteiger partial charge in [-0.05, 0) is 202 Å². The summed E-state index contributed by atoms with van der Waals surface area (Å²) in [6.45, 7) is 18.7. The second kappa shape index (κ2) is 20.4. The number of carbonyl (C=O) groups excluding carboxylic acids is 1. The van der Waals surface area contributed by atoms with Crippen molar-refractivity contribution in [3.63, 3.8) is 0 Å². The van der Waals surface area contributed by atoms with Crippen LogP contribution in [-0.2, 0) is 14.4 Å². The van der Waals surface area contributed by atoms with Crippen molar-refractivity contribution < 1.29 is 39.9 Å². The lowest BCUT2D eigenvalue weighted by Gasteiger charge is -2.64. The SMILES string of the molecule is C.C.C.CC[C@H]1C(=O)[C@H]2C3CC[C@H]([C@H](C)CCC(=O)O)[C@@]3(C)CCC2[C@@]2(C)CC[C@@H](O)C[C@@H]12.CC[C@H]1[C@@H](O)[C@H]2C3CC[C@H]([C@H](C)CCC(=O)O)[C@@]3(C)CCC2[C@@]2(C)CC[C@@H](O)C[C@@H]12. The van der Waals surface area contributed by atoms with Gasteiger partial charge in [0, 0.05) is 24.7 Å². The zero-order valence-electron chi connectivity index (χ0n) is 38.9. The molecule has 0 spiro atoms. The first-order valence-corrected chi connectivity index (χ1v) is 25.3. The van der Waals surface area contributed by atoms with E-state index in [1.807, 2.05) is 0 Å². The number of carbonyl (C=O) groups is 3. The van der Waals surface area contributed by atoms with Gasteiger partial charge in [-0.2, -0.15) is 0 Å². The molecule has 0 aromatic heterocycles. The maximum absolute atomic E-state index is 13.9. The van der Waals surface area contributed by atoms with E-state index < -0.39 is 11.9 Å². The van der Waals surface area contributed by atoms with Crippen LogP contribution in [0.1, 0.15) is 206 Å². The number of ketones is 1. The van der Waals surface area contributed by atoms with Gasteiger partial charge in [-0.25, -0.2) is 0 Å². The fourth-order valence-electron chi connectivity index (χ4n) is 18.6. The van der Waals surface area contributed by atoms with E-state index >= 15 is 0 Å². The third kappa shape index (κ3) is 9.14. The van der Waals surface area contributed by atoms with Crippen molar-refractivity contribution in [3.8, 4) is 0 Å². The van der Waals surface area contributed by atoms with Crippen molar-refractivity contribution in [1.29, 1.82) is 0 Å². The number of rotatable bonds is 10. The summed E-state index contributed by atoms with van der Waals surface area (Å²) in [5, 5.41) is 50.8. The highest BCUT2D eigenvalue weighted by atomic mass is 16.4. The van der Waals surface area contributed by atoms with Crippen LogP contribution in [0.3, 0.4) is 0 Å². The molecule has 8 fully saturated rings. The van der Waals surface area contributed by atoms with Crippen LogP contribution in [0.25, 0.3) is 0 Å². The summed E-state index contributed by atoms with van der Waals surface area (Å²) in [5.74, 6) is 4.89. The molecule has 0 radical (unpaired) electrons. The Hall–Kier alpha value is -1.51. The highest BCUT2D eigenvalue weighted by molar-refractivity contribution is 5.86. The minimum atomic E-state index is -0.697. The molecule has 0 aromatic carbocycles. The lowest BCUT2D eigenvalue weighted by molar-refractivity contribution is -0.203. The fourth-order valence-corrected chi connectivity index (χ4v) is 18.6. The molecule has 63 heavy (non-hydrogen) atoms. The van der Waals surface area contributed by atoms with Gasteiger partial charge in [-0.15, -0.1) is 0 Å². The van der Waals surface area contributed by atoms with Gasteiger partial charge in [0.15, 0.2) is 0 Å². The van der Waals surface area contributed by atoms with E-state index in [2.05, 4.69) is 55.4 Å². The third-order valence-electron chi connectivity index (χ3n) is 21.7. The van der Waals surface area contributed by atoms with Crippen LogP contribution in [0.5, 0.6) is 0 Å². The summed E-state index contributed by atoms with van der Waals surface area (Å²) in [5.41, 5.74) is 0.838. The highest BCUT2D eigenvalue weighted by Crippen LogP contribution is 2.71. The summed E-state index contributed by atoms with van der Waals surface area (Å²) in [7, 11) is 0. The van der Waals surface area contributed by atoms with E-state index in [0.29, 0.717) is 76.8 Å². The molecule has 0 heterocycles. The van der Waals surface area contributed by atoms with Gasteiger partial charge in [-0.3, -0.25) is 14.4 Å². The minimum Gasteiger partial charge on any atom is -0.481 e. The maximum atomic E-state index is 13.9. The number of fused-ring (bicyclic) bond motifs is 10. The molecule has 0 aliphatic heterocycles. The molecule has 5 N–H and O–H groups in total. The fraction of sp³-hybridized carbons (Fsp3) is 0.945. The molecule has 0 saturated heterocycles. The van der Waals surface area contributed by atoms with Gasteiger partial charge < -0.3 is 25.5 Å². The van der Waals surface area contributed by atoms with Crippen LogP contribution in [0.15, 0.2) is 0 Å². The van der Waals surface area contributed by atoms with E-state index in [0.717, 1.165) is 83.5 Å². The summed E-state index contributed by atoms with van der Waals surface area (Å²) in [6.07, 6.45) is 18.3. The second-order valence-corrected chi connectivity index (χ2v) is 23.9. The summed E-state index contributed by atoms with van der Waals surface area (Å²) in [6, 6.07) is 0. The molecule has 8 heteroatoms. The van der Waals surface area contributed by atoms with Crippen LogP contribution in [0.2, 0.25) is 0 Å². The molecule has 366 valence electrons. The molecular weight excluding hydrogens is 789 g/mol. The van der Waals surface area contributed by atoms with Gasteiger partial charge >= 0.3 is 11.9 Å². The Morgan fingerprint density at radius 1 is 0.571 bits per heavy atom. The Labute approximate surface area is 385 Å². The third-order valence-corrected chi connectivity index (χ3v) is 21.7. The Morgan fingerprint density at radius 3 is 1.48 bits per heavy atom. The molecule has 8 rings (SSSR count). The number of Topliss-reactive ketones (excluding diaryl/α,β-unsaturated/α-hetero) is 1. The lowest BCUT2D eigenvalue weighted by atomic mass is 9.41. The first-order valence-electron chi connectivity index (χ1n) is 25.3. The second-order valence-electron chi connectivity index (χ2n) is 23.9. The molecule has 4 unspecified atom stereocenters. The largest absolute Gasteiger partial charge is 0.481 e. The van der Waals surface area contributed by atoms with Crippen molar-refractivity contribution in [1.82, 2.24) is 0 Å². The molecule has 8 aliphatic carbocycles. The Kier molecular flexibility index (Phi) is 17.5. The van der Waals surface area contributed by atoms with Crippen LogP contribution in [-0.4, -0.2) is 61.6 Å². The maximum Gasteiger partial charge on any atom is 0.303 e. The smallest absolute Gasteiger partial charge is 0.303 e. The molecule has 0 bridgehead atoms. The quantitative estimate of drug-likeness (QED) is 0.145. The van der Waals surface area contributed by atoms with Crippen molar-refractivity contribution in [3.05, 3.63) is 0 Å². The molecule has 0 aromatic rings. The predicted molar refractivity (Wildman–Crippen MR) is 255 cm³/mol. The van der Waals surface area contributed by atoms with Crippen molar-refractivity contribution in [2.24, 2.45) is 105 Å². The summed E-state index contributed by atoms with van der Waals surface area (Å²) >= 11 is 0. The number of carboxylic acids is 2. The van der Waals surface area contributed by atoms with Crippen LogP contribution in [0, 0.1) is 105 Å². The van der Waals surface area contributed by atoms with Crippen molar-refractivity contribution in [2.45, 2.75) is 224 Å². The lowest BCUT2D eigenvalue weighted by Crippen LogP contribution is -2.62. The van der Waals surface area contributed by atoms with Crippen LogP contribution in [0.4, 0.5) is 0 Å². The van der Waals surface area contributed by atoms with E-state index in [1.165, 1.54) is 32.1 Å². The van der Waals surface area contributed by atoms with E-state index in [-0.39, 0.29) is 86.9 Å². The number of hydrogen-bond donors (Lipinski definition) is 5. The van der Waals surface area contributed by atoms with Gasteiger partial charge in [0.25, 0.3) is 0 Å². The van der Waals surface area contributed by atoms with Gasteiger partial charge in [0.05, 0.1) is 18.3 Å². The number of hydrogen-bond acceptors (Lipinski definition) is 6.